The Balaban J connectivity index is 1.53. The number of nitrogens with two attached hydrogens (primary N) is 1. The van der Waals surface area contributed by atoms with Crippen molar-refractivity contribution in [2.24, 2.45) is 10.7 Å². The number of aliphatic imine (C=N–C) groups is 1. The lowest BCUT2D eigenvalue weighted by Crippen LogP contribution is -2.44. The van der Waals surface area contributed by atoms with Gasteiger partial charge in [0.2, 0.25) is 0 Å². The molecule has 3 N–H and O–H groups in total. The number of hydrogen-bond donors (Lipinski definition) is 2. The fraction of sp³-hybridized carbons (Fsp3) is 0.333. The third-order valence-electron chi connectivity index (χ3n) is 5.76. The molecule has 0 saturated carbocycles. The van der Waals surface area contributed by atoms with E-state index in [0.717, 1.165) is 11.1 Å². The van der Waals surface area contributed by atoms with Crippen molar-refractivity contribution in [3.05, 3.63) is 76.9 Å². The van der Waals surface area contributed by atoms with Crippen LogP contribution in [-0.2, 0) is 17.9 Å². The zero-order chi connectivity index (χ0) is 22.5. The molecule has 0 radical (unpaired) electrons. The van der Waals surface area contributed by atoms with Gasteiger partial charge < -0.3 is 25.0 Å². The van der Waals surface area contributed by atoms with E-state index in [1.807, 2.05) is 48.2 Å². The van der Waals surface area contributed by atoms with Crippen LogP contribution in [0, 0.1) is 5.82 Å². The lowest BCUT2D eigenvalue weighted by atomic mass is 9.93. The molecule has 3 aromatic rings. The zero-order valence-corrected chi connectivity index (χ0v) is 18.0. The summed E-state index contributed by atoms with van der Waals surface area (Å²) in [5.41, 5.74) is 9.25. The third-order valence-corrected chi connectivity index (χ3v) is 5.76. The van der Waals surface area contributed by atoms with E-state index >= 15 is 0 Å². The number of rotatable bonds is 6. The molecule has 2 heterocycles. The van der Waals surface area contributed by atoms with Crippen LogP contribution in [0.5, 0.6) is 0 Å². The second-order valence-corrected chi connectivity index (χ2v) is 7.73. The molecule has 1 fully saturated rings. The average molecular weight is 439 g/mol. The minimum absolute atomic E-state index is 0.191. The standard InChI is InChI=1S/C24H27FN4O3/c1-16(18-7-8-19(21(25)13-18)17-5-3-2-4-6-17)23-20(15-30)22(28-32-23)14-27-24(26)29-9-11-31-12-10-29/h2-8,13,16,30H,9-12,14-15H2,1H3,(H2,26,27). The first-order chi connectivity index (χ1) is 15.6. The molecule has 4 rings (SSSR count). The second-order valence-electron chi connectivity index (χ2n) is 7.73. The summed E-state index contributed by atoms with van der Waals surface area (Å²) < 4.78 is 25.7. The summed E-state index contributed by atoms with van der Waals surface area (Å²) in [7, 11) is 0. The molecule has 1 atom stereocenters. The fourth-order valence-electron chi connectivity index (χ4n) is 3.84. The Hall–Kier alpha value is -3.23. The van der Waals surface area contributed by atoms with Crippen LogP contribution in [0.15, 0.2) is 58.0 Å². The number of morpholine rings is 1. The van der Waals surface area contributed by atoms with Gasteiger partial charge in [0.1, 0.15) is 17.3 Å². The minimum atomic E-state index is -0.311. The van der Waals surface area contributed by atoms with Crippen LogP contribution in [0.2, 0.25) is 0 Å². The van der Waals surface area contributed by atoms with Crippen molar-refractivity contribution in [1.29, 1.82) is 0 Å². The van der Waals surface area contributed by atoms with E-state index in [4.69, 9.17) is 15.0 Å². The van der Waals surface area contributed by atoms with Crippen LogP contribution in [0.1, 0.15) is 35.4 Å². The van der Waals surface area contributed by atoms with Crippen molar-refractivity contribution in [2.45, 2.75) is 26.0 Å². The summed E-state index contributed by atoms with van der Waals surface area (Å²) in [6, 6.07) is 14.5. The van der Waals surface area contributed by atoms with Crippen LogP contribution >= 0.6 is 0 Å². The summed E-state index contributed by atoms with van der Waals surface area (Å²) in [6.07, 6.45) is 0. The summed E-state index contributed by atoms with van der Waals surface area (Å²) in [5, 5.41) is 14.1. The predicted molar refractivity (Wildman–Crippen MR) is 119 cm³/mol. The monoisotopic (exact) mass is 438 g/mol. The van der Waals surface area contributed by atoms with E-state index in [9.17, 15) is 9.50 Å². The van der Waals surface area contributed by atoms with Gasteiger partial charge in [-0.1, -0.05) is 54.5 Å². The maximum absolute atomic E-state index is 14.8. The summed E-state index contributed by atoms with van der Waals surface area (Å²) >= 11 is 0. The molecule has 1 aliphatic heterocycles. The van der Waals surface area contributed by atoms with E-state index in [1.165, 1.54) is 6.07 Å². The van der Waals surface area contributed by atoms with Gasteiger partial charge in [0, 0.05) is 30.1 Å². The van der Waals surface area contributed by atoms with Gasteiger partial charge in [-0.3, -0.25) is 0 Å². The van der Waals surface area contributed by atoms with Gasteiger partial charge in [-0.05, 0) is 17.2 Å². The molecule has 7 nitrogen and oxygen atoms in total. The third kappa shape index (κ3) is 4.66. The molecule has 1 saturated heterocycles. The van der Waals surface area contributed by atoms with Crippen LogP contribution in [0.4, 0.5) is 4.39 Å². The Morgan fingerprint density at radius 2 is 1.97 bits per heavy atom. The fourth-order valence-corrected chi connectivity index (χ4v) is 3.84. The first-order valence-electron chi connectivity index (χ1n) is 10.6. The molecule has 1 aromatic heterocycles. The Labute approximate surface area is 186 Å². The second kappa shape index (κ2) is 9.93. The highest BCUT2D eigenvalue weighted by Gasteiger charge is 2.23. The SMILES string of the molecule is CC(c1ccc(-c2ccccc2)c(F)c1)c1onc(CN=C(N)N2CCOCC2)c1CO. The van der Waals surface area contributed by atoms with Crippen LogP contribution < -0.4 is 5.73 Å². The predicted octanol–water partition coefficient (Wildman–Crippen LogP) is 3.27. The van der Waals surface area contributed by atoms with Crippen molar-refractivity contribution < 1.29 is 18.8 Å². The van der Waals surface area contributed by atoms with Crippen molar-refractivity contribution >= 4 is 5.96 Å². The van der Waals surface area contributed by atoms with Gasteiger partial charge in [-0.25, -0.2) is 9.38 Å². The van der Waals surface area contributed by atoms with Crippen molar-refractivity contribution in [3.8, 4) is 11.1 Å². The quantitative estimate of drug-likeness (QED) is 0.453. The number of aliphatic hydroxyl groups excluding tert-OH is 1. The zero-order valence-electron chi connectivity index (χ0n) is 18.0. The van der Waals surface area contributed by atoms with Gasteiger partial charge in [0.05, 0.1) is 26.4 Å². The first kappa shape index (κ1) is 22.0. The molecular weight excluding hydrogens is 411 g/mol. The lowest BCUT2D eigenvalue weighted by molar-refractivity contribution is 0.0674. The summed E-state index contributed by atoms with van der Waals surface area (Å²) in [6.45, 7) is 4.44. The molecule has 0 bridgehead atoms. The van der Waals surface area contributed by atoms with Crippen LogP contribution in [-0.4, -0.2) is 47.4 Å². The Morgan fingerprint density at radius 1 is 1.22 bits per heavy atom. The maximum Gasteiger partial charge on any atom is 0.191 e. The van der Waals surface area contributed by atoms with Gasteiger partial charge >= 0.3 is 0 Å². The Bertz CT molecular complexity index is 1080. The van der Waals surface area contributed by atoms with E-state index in [-0.39, 0.29) is 24.9 Å². The van der Waals surface area contributed by atoms with E-state index in [1.54, 1.807) is 6.07 Å². The minimum Gasteiger partial charge on any atom is -0.391 e. The highest BCUT2D eigenvalue weighted by atomic mass is 19.1. The van der Waals surface area contributed by atoms with Gasteiger partial charge in [0.25, 0.3) is 0 Å². The number of aliphatic hydroxyl groups is 1. The smallest absolute Gasteiger partial charge is 0.191 e. The van der Waals surface area contributed by atoms with E-state index in [2.05, 4.69) is 10.1 Å². The molecule has 2 aromatic carbocycles. The Kier molecular flexibility index (Phi) is 6.82. The average Bonchev–Trinajstić information content (AvgIpc) is 3.26. The molecule has 0 amide bonds. The summed E-state index contributed by atoms with van der Waals surface area (Å²) in [4.78, 5) is 6.35. The first-order valence-corrected chi connectivity index (χ1v) is 10.6. The van der Waals surface area contributed by atoms with E-state index < -0.39 is 0 Å². The van der Waals surface area contributed by atoms with Crippen molar-refractivity contribution in [2.75, 3.05) is 26.3 Å². The molecule has 0 spiro atoms. The molecule has 1 aliphatic rings. The molecule has 168 valence electrons. The van der Waals surface area contributed by atoms with Gasteiger partial charge in [0.15, 0.2) is 5.96 Å². The highest BCUT2D eigenvalue weighted by molar-refractivity contribution is 5.78. The van der Waals surface area contributed by atoms with Gasteiger partial charge in [-0.15, -0.1) is 0 Å². The molecular formula is C24H27FN4O3. The maximum atomic E-state index is 14.8. The molecule has 8 heteroatoms. The van der Waals surface area contributed by atoms with Crippen LogP contribution in [0.25, 0.3) is 11.1 Å². The molecule has 1 unspecified atom stereocenters. The number of nitrogens with zero attached hydrogens (tertiary/aromatic N) is 3. The normalized spacial score (nSPS) is 15.7. The van der Waals surface area contributed by atoms with Crippen molar-refractivity contribution in [3.63, 3.8) is 0 Å². The molecule has 0 aliphatic carbocycles. The highest BCUT2D eigenvalue weighted by Crippen LogP contribution is 2.32. The molecule has 32 heavy (non-hydrogen) atoms. The number of benzene rings is 2. The number of hydrogen-bond acceptors (Lipinski definition) is 5. The lowest BCUT2D eigenvalue weighted by Gasteiger charge is -2.27. The summed E-state index contributed by atoms with van der Waals surface area (Å²) in [5.74, 6) is 0.301. The number of aromatic nitrogens is 1. The Morgan fingerprint density at radius 3 is 2.66 bits per heavy atom. The topological polar surface area (TPSA) is 97.1 Å². The largest absolute Gasteiger partial charge is 0.391 e. The number of ether oxygens (including phenoxy) is 1. The number of guanidine groups is 1. The van der Waals surface area contributed by atoms with Gasteiger partial charge in [-0.2, -0.15) is 0 Å². The van der Waals surface area contributed by atoms with Crippen molar-refractivity contribution in [1.82, 2.24) is 10.1 Å². The van der Waals surface area contributed by atoms with Crippen LogP contribution in [0.3, 0.4) is 0 Å². The van der Waals surface area contributed by atoms with E-state index in [0.29, 0.717) is 54.8 Å². The number of halogens is 1.